The van der Waals surface area contributed by atoms with E-state index in [0.717, 1.165) is 18.5 Å². The molecule has 0 atom stereocenters. The minimum absolute atomic E-state index is 0.0215. The van der Waals surface area contributed by atoms with Gasteiger partial charge in [0, 0.05) is 11.3 Å². The first-order valence-corrected chi connectivity index (χ1v) is 6.08. The van der Waals surface area contributed by atoms with Gasteiger partial charge in [-0.05, 0) is 31.7 Å². The van der Waals surface area contributed by atoms with Gasteiger partial charge in [-0.1, -0.05) is 0 Å². The summed E-state index contributed by atoms with van der Waals surface area (Å²) in [4.78, 5) is 15.4. The van der Waals surface area contributed by atoms with Crippen LogP contribution in [0.25, 0.3) is 0 Å². The highest BCUT2D eigenvalue weighted by Gasteiger charge is 2.18. The van der Waals surface area contributed by atoms with Crippen LogP contribution in [0.1, 0.15) is 40.3 Å². The van der Waals surface area contributed by atoms with Crippen molar-refractivity contribution in [2.75, 3.05) is 0 Å². The van der Waals surface area contributed by atoms with Crippen LogP contribution in [-0.4, -0.2) is 20.6 Å². The zero-order valence-electron chi connectivity index (χ0n) is 9.93. The molecule has 2 heterocycles. The van der Waals surface area contributed by atoms with E-state index >= 15 is 0 Å². The molecule has 1 aliphatic rings. The van der Waals surface area contributed by atoms with Crippen LogP contribution < -0.4 is 0 Å². The van der Waals surface area contributed by atoms with Gasteiger partial charge in [0.15, 0.2) is 0 Å². The van der Waals surface area contributed by atoms with Gasteiger partial charge >= 0.3 is 5.97 Å². The number of aryl methyl sites for hydroxylation is 1. The van der Waals surface area contributed by atoms with Crippen LogP contribution in [-0.2, 0) is 19.4 Å². The molecule has 94 valence electrons. The number of rotatable bonds is 3. The fourth-order valence-corrected chi connectivity index (χ4v) is 2.50. The average Bonchev–Trinajstić information content (AvgIpc) is 2.97. The fraction of sp³-hybridized carbons (Fsp3) is 0.385. The third kappa shape index (κ3) is 1.81. The minimum Gasteiger partial charge on any atom is -0.475 e. The van der Waals surface area contributed by atoms with Gasteiger partial charge in [0.05, 0.1) is 24.8 Å². The standard InChI is InChI=1S/C13H14N2O3/c16-13(17)12-9(5-6-18-12)7-15-8-14-10-3-1-2-4-11(10)15/h5-6,8H,1-4,7H2,(H,16,17). The number of nitrogens with zero attached hydrogens (tertiary/aromatic N) is 2. The van der Waals surface area contributed by atoms with Crippen molar-refractivity contribution in [1.82, 2.24) is 9.55 Å². The van der Waals surface area contributed by atoms with E-state index in [1.54, 1.807) is 12.4 Å². The highest BCUT2D eigenvalue weighted by molar-refractivity contribution is 5.86. The van der Waals surface area contributed by atoms with Crippen LogP contribution in [0, 0.1) is 0 Å². The lowest BCUT2D eigenvalue weighted by molar-refractivity contribution is 0.0660. The molecule has 0 saturated carbocycles. The number of hydrogen-bond donors (Lipinski definition) is 1. The molecule has 2 aromatic rings. The highest BCUT2D eigenvalue weighted by atomic mass is 16.4. The summed E-state index contributed by atoms with van der Waals surface area (Å²) in [5.74, 6) is -1.00. The van der Waals surface area contributed by atoms with E-state index in [1.807, 2.05) is 4.57 Å². The number of hydrogen-bond acceptors (Lipinski definition) is 3. The Bertz CT molecular complexity index is 583. The lowest BCUT2D eigenvalue weighted by Gasteiger charge is -2.13. The largest absolute Gasteiger partial charge is 0.475 e. The topological polar surface area (TPSA) is 68.3 Å². The monoisotopic (exact) mass is 246 g/mol. The van der Waals surface area contributed by atoms with Crippen molar-refractivity contribution in [2.45, 2.75) is 32.2 Å². The Morgan fingerprint density at radius 2 is 2.28 bits per heavy atom. The van der Waals surface area contributed by atoms with Crippen molar-refractivity contribution in [3.63, 3.8) is 0 Å². The third-order valence-corrected chi connectivity index (χ3v) is 3.39. The molecule has 3 rings (SSSR count). The molecule has 0 fully saturated rings. The molecule has 18 heavy (non-hydrogen) atoms. The molecular weight excluding hydrogens is 232 g/mol. The average molecular weight is 246 g/mol. The summed E-state index contributed by atoms with van der Waals surface area (Å²) < 4.78 is 7.02. The van der Waals surface area contributed by atoms with Crippen molar-refractivity contribution >= 4 is 5.97 Å². The number of carboxylic acid groups (broad SMARTS) is 1. The Morgan fingerprint density at radius 1 is 1.44 bits per heavy atom. The number of fused-ring (bicyclic) bond motifs is 1. The van der Waals surface area contributed by atoms with E-state index in [0.29, 0.717) is 12.1 Å². The summed E-state index contributed by atoms with van der Waals surface area (Å²) in [6, 6.07) is 1.71. The van der Waals surface area contributed by atoms with Gasteiger partial charge in [-0.2, -0.15) is 0 Å². The molecule has 2 aromatic heterocycles. The van der Waals surface area contributed by atoms with Gasteiger partial charge < -0.3 is 14.1 Å². The molecule has 5 heteroatoms. The SMILES string of the molecule is O=C(O)c1occc1Cn1cnc2c1CCCC2. The van der Waals surface area contributed by atoms with Crippen LogP contribution in [0.5, 0.6) is 0 Å². The maximum atomic E-state index is 11.0. The molecule has 1 aliphatic carbocycles. The molecule has 5 nitrogen and oxygen atoms in total. The summed E-state index contributed by atoms with van der Waals surface area (Å²) in [5.41, 5.74) is 3.08. The number of furan rings is 1. The van der Waals surface area contributed by atoms with Gasteiger partial charge in [0.1, 0.15) is 0 Å². The van der Waals surface area contributed by atoms with E-state index in [4.69, 9.17) is 9.52 Å². The Kier molecular flexibility index (Phi) is 2.66. The molecule has 0 bridgehead atoms. The first-order valence-electron chi connectivity index (χ1n) is 6.08. The normalized spacial score (nSPS) is 14.4. The van der Waals surface area contributed by atoms with Crippen molar-refractivity contribution in [3.05, 3.63) is 41.4 Å². The van der Waals surface area contributed by atoms with Crippen molar-refractivity contribution < 1.29 is 14.3 Å². The van der Waals surface area contributed by atoms with Crippen LogP contribution in [0.3, 0.4) is 0 Å². The number of imidazole rings is 1. The number of aromatic carboxylic acids is 1. The van der Waals surface area contributed by atoms with Crippen molar-refractivity contribution in [3.8, 4) is 0 Å². The molecular formula is C13H14N2O3. The molecule has 0 spiro atoms. The predicted molar refractivity (Wildman–Crippen MR) is 63.6 cm³/mol. The van der Waals surface area contributed by atoms with Gasteiger partial charge in [-0.15, -0.1) is 0 Å². The summed E-state index contributed by atoms with van der Waals surface area (Å²) in [7, 11) is 0. The van der Waals surface area contributed by atoms with E-state index in [2.05, 4.69) is 4.98 Å². The third-order valence-electron chi connectivity index (χ3n) is 3.39. The molecule has 0 amide bonds. The van der Waals surface area contributed by atoms with Gasteiger partial charge in [-0.25, -0.2) is 9.78 Å². The van der Waals surface area contributed by atoms with E-state index in [-0.39, 0.29) is 5.76 Å². The second-order valence-electron chi connectivity index (χ2n) is 4.55. The molecule has 0 aliphatic heterocycles. The van der Waals surface area contributed by atoms with Gasteiger partial charge in [0.25, 0.3) is 0 Å². The number of aromatic nitrogens is 2. The maximum absolute atomic E-state index is 11.0. The Labute approximate surface area is 104 Å². The maximum Gasteiger partial charge on any atom is 0.372 e. The van der Waals surface area contributed by atoms with Crippen LogP contribution in [0.15, 0.2) is 23.1 Å². The van der Waals surface area contributed by atoms with Crippen LogP contribution >= 0.6 is 0 Å². The van der Waals surface area contributed by atoms with E-state index in [1.165, 1.54) is 24.8 Å². The minimum atomic E-state index is -1.02. The molecule has 0 radical (unpaired) electrons. The Morgan fingerprint density at radius 3 is 3.11 bits per heavy atom. The van der Waals surface area contributed by atoms with Crippen molar-refractivity contribution in [2.24, 2.45) is 0 Å². The van der Waals surface area contributed by atoms with Gasteiger partial charge in [0.2, 0.25) is 5.76 Å². The summed E-state index contributed by atoms with van der Waals surface area (Å²) in [6.07, 6.45) is 7.64. The molecule has 0 aromatic carbocycles. The fourth-order valence-electron chi connectivity index (χ4n) is 2.50. The lowest BCUT2D eigenvalue weighted by atomic mass is 10.0. The van der Waals surface area contributed by atoms with E-state index in [9.17, 15) is 4.79 Å². The van der Waals surface area contributed by atoms with Gasteiger partial charge in [-0.3, -0.25) is 0 Å². The second kappa shape index (κ2) is 4.33. The quantitative estimate of drug-likeness (QED) is 0.900. The number of carbonyl (C=O) groups is 1. The Hall–Kier alpha value is -2.04. The number of carboxylic acids is 1. The zero-order chi connectivity index (χ0) is 12.5. The van der Waals surface area contributed by atoms with E-state index < -0.39 is 5.97 Å². The molecule has 0 unspecified atom stereocenters. The summed E-state index contributed by atoms with van der Waals surface area (Å²) in [5, 5.41) is 9.00. The van der Waals surface area contributed by atoms with Crippen LogP contribution in [0.2, 0.25) is 0 Å². The van der Waals surface area contributed by atoms with Crippen molar-refractivity contribution in [1.29, 1.82) is 0 Å². The molecule has 1 N–H and O–H groups in total. The molecule has 0 saturated heterocycles. The first kappa shape index (κ1) is 11.1. The second-order valence-corrected chi connectivity index (χ2v) is 4.55. The smallest absolute Gasteiger partial charge is 0.372 e. The lowest BCUT2D eigenvalue weighted by Crippen LogP contribution is -2.10. The highest BCUT2D eigenvalue weighted by Crippen LogP contribution is 2.21. The zero-order valence-corrected chi connectivity index (χ0v) is 9.93. The first-order chi connectivity index (χ1) is 8.75. The Balaban J connectivity index is 1.90. The summed E-state index contributed by atoms with van der Waals surface area (Å²) >= 11 is 0. The predicted octanol–water partition coefficient (Wildman–Crippen LogP) is 2.10. The summed E-state index contributed by atoms with van der Waals surface area (Å²) in [6.45, 7) is 0.514. The van der Waals surface area contributed by atoms with Crippen LogP contribution in [0.4, 0.5) is 0 Å².